The molecular formula is C13H24N4O. The van der Waals surface area contributed by atoms with Crippen molar-refractivity contribution in [3.8, 4) is 0 Å². The van der Waals surface area contributed by atoms with Gasteiger partial charge in [-0.1, -0.05) is 6.92 Å². The molecule has 1 fully saturated rings. The molecule has 2 unspecified atom stereocenters. The maximum absolute atomic E-state index is 5.94. The molecule has 1 aromatic rings. The minimum Gasteiger partial charge on any atom is -0.374 e. The van der Waals surface area contributed by atoms with Crippen molar-refractivity contribution in [2.24, 2.45) is 7.05 Å². The van der Waals surface area contributed by atoms with Gasteiger partial charge in [0.2, 0.25) is 0 Å². The summed E-state index contributed by atoms with van der Waals surface area (Å²) in [5.41, 5.74) is 2.40. The second kappa shape index (κ2) is 5.82. The van der Waals surface area contributed by atoms with Gasteiger partial charge < -0.3 is 10.1 Å². The zero-order valence-electron chi connectivity index (χ0n) is 11.8. The molecule has 1 N–H and O–H groups in total. The van der Waals surface area contributed by atoms with Crippen molar-refractivity contribution in [2.75, 3.05) is 33.3 Å². The van der Waals surface area contributed by atoms with Gasteiger partial charge >= 0.3 is 0 Å². The second-order valence-electron chi connectivity index (χ2n) is 4.88. The SMILES string of the molecule is CCN1CCOC(CNC)C1c1cn(C)nc1C. The summed E-state index contributed by atoms with van der Waals surface area (Å²) in [5, 5.41) is 7.69. The van der Waals surface area contributed by atoms with E-state index in [0.717, 1.165) is 31.9 Å². The van der Waals surface area contributed by atoms with Crippen LogP contribution in [-0.2, 0) is 11.8 Å². The van der Waals surface area contributed by atoms with Crippen LogP contribution in [0, 0.1) is 6.92 Å². The predicted octanol–water partition coefficient (Wildman–Crippen LogP) is 0.710. The molecule has 5 nitrogen and oxygen atoms in total. The van der Waals surface area contributed by atoms with E-state index in [4.69, 9.17) is 4.74 Å². The van der Waals surface area contributed by atoms with Gasteiger partial charge in [0, 0.05) is 31.9 Å². The van der Waals surface area contributed by atoms with Gasteiger partial charge in [0.1, 0.15) is 0 Å². The number of nitrogens with zero attached hydrogens (tertiary/aromatic N) is 3. The van der Waals surface area contributed by atoms with Gasteiger partial charge in [0.15, 0.2) is 0 Å². The molecule has 0 aliphatic carbocycles. The number of ether oxygens (including phenoxy) is 1. The van der Waals surface area contributed by atoms with E-state index in [2.05, 4.69) is 35.4 Å². The van der Waals surface area contributed by atoms with Crippen LogP contribution in [0.4, 0.5) is 0 Å². The first kappa shape index (κ1) is 13.5. The molecule has 1 aliphatic rings. The maximum atomic E-state index is 5.94. The molecule has 102 valence electrons. The number of rotatable bonds is 4. The average molecular weight is 252 g/mol. The molecule has 0 spiro atoms. The summed E-state index contributed by atoms with van der Waals surface area (Å²) in [6.07, 6.45) is 2.33. The number of nitrogens with one attached hydrogen (secondary N) is 1. The number of aromatic nitrogens is 2. The lowest BCUT2D eigenvalue weighted by molar-refractivity contribution is -0.0688. The van der Waals surface area contributed by atoms with Crippen LogP contribution in [0.15, 0.2) is 6.20 Å². The summed E-state index contributed by atoms with van der Waals surface area (Å²) >= 11 is 0. The van der Waals surface area contributed by atoms with Crippen LogP contribution in [0.2, 0.25) is 0 Å². The van der Waals surface area contributed by atoms with Gasteiger partial charge in [-0.2, -0.15) is 5.10 Å². The van der Waals surface area contributed by atoms with Gasteiger partial charge in [-0.25, -0.2) is 0 Å². The fourth-order valence-electron chi connectivity index (χ4n) is 2.82. The Morgan fingerprint density at radius 3 is 2.89 bits per heavy atom. The van der Waals surface area contributed by atoms with Crippen molar-refractivity contribution in [2.45, 2.75) is 26.0 Å². The Labute approximate surface area is 109 Å². The normalized spacial score (nSPS) is 25.6. The van der Waals surface area contributed by atoms with E-state index in [9.17, 15) is 0 Å². The molecule has 2 rings (SSSR count). The van der Waals surface area contributed by atoms with E-state index in [0.29, 0.717) is 6.04 Å². The summed E-state index contributed by atoms with van der Waals surface area (Å²) in [6.45, 7) is 8.01. The van der Waals surface area contributed by atoms with Crippen molar-refractivity contribution in [3.63, 3.8) is 0 Å². The van der Waals surface area contributed by atoms with Gasteiger partial charge in [0.25, 0.3) is 0 Å². The third-order valence-corrected chi connectivity index (χ3v) is 3.64. The molecule has 1 aromatic heterocycles. The summed E-state index contributed by atoms with van der Waals surface area (Å²) in [6, 6.07) is 0.310. The molecule has 0 radical (unpaired) electrons. The number of morpholine rings is 1. The number of likely N-dealkylation sites (N-methyl/N-ethyl adjacent to an activating group) is 2. The quantitative estimate of drug-likeness (QED) is 0.857. The van der Waals surface area contributed by atoms with E-state index in [1.165, 1.54) is 5.56 Å². The third kappa shape index (κ3) is 2.58. The molecule has 1 aliphatic heterocycles. The smallest absolute Gasteiger partial charge is 0.0897 e. The highest BCUT2D eigenvalue weighted by atomic mass is 16.5. The van der Waals surface area contributed by atoms with Crippen LogP contribution < -0.4 is 5.32 Å². The van der Waals surface area contributed by atoms with Crippen LogP contribution >= 0.6 is 0 Å². The van der Waals surface area contributed by atoms with Crippen molar-refractivity contribution in [1.82, 2.24) is 20.0 Å². The van der Waals surface area contributed by atoms with Crippen LogP contribution in [0.1, 0.15) is 24.2 Å². The molecule has 0 amide bonds. The Morgan fingerprint density at radius 1 is 1.56 bits per heavy atom. The number of hydrogen-bond donors (Lipinski definition) is 1. The third-order valence-electron chi connectivity index (χ3n) is 3.64. The molecule has 0 bridgehead atoms. The molecule has 2 atom stereocenters. The van der Waals surface area contributed by atoms with Crippen molar-refractivity contribution < 1.29 is 4.74 Å². The van der Waals surface area contributed by atoms with Gasteiger partial charge in [0.05, 0.1) is 24.4 Å². The largest absolute Gasteiger partial charge is 0.374 e. The lowest BCUT2D eigenvalue weighted by Gasteiger charge is -2.40. The van der Waals surface area contributed by atoms with E-state index < -0.39 is 0 Å². The lowest BCUT2D eigenvalue weighted by Crippen LogP contribution is -2.48. The second-order valence-corrected chi connectivity index (χ2v) is 4.88. The van der Waals surface area contributed by atoms with E-state index in [-0.39, 0.29) is 6.10 Å². The van der Waals surface area contributed by atoms with Crippen LogP contribution in [0.5, 0.6) is 0 Å². The summed E-state index contributed by atoms with van der Waals surface area (Å²) < 4.78 is 7.83. The van der Waals surface area contributed by atoms with Gasteiger partial charge in [-0.05, 0) is 20.5 Å². The van der Waals surface area contributed by atoms with Crippen LogP contribution in [-0.4, -0.2) is 54.1 Å². The molecule has 1 saturated heterocycles. The summed E-state index contributed by atoms with van der Waals surface area (Å²) in [4.78, 5) is 2.48. The zero-order chi connectivity index (χ0) is 13.1. The first-order valence-corrected chi connectivity index (χ1v) is 6.67. The monoisotopic (exact) mass is 252 g/mol. The molecule has 5 heteroatoms. The highest BCUT2D eigenvalue weighted by Gasteiger charge is 2.34. The van der Waals surface area contributed by atoms with Crippen LogP contribution in [0.25, 0.3) is 0 Å². The molecule has 0 aromatic carbocycles. The van der Waals surface area contributed by atoms with Gasteiger partial charge in [-0.3, -0.25) is 9.58 Å². The Morgan fingerprint density at radius 2 is 2.33 bits per heavy atom. The Balaban J connectivity index is 2.30. The highest BCUT2D eigenvalue weighted by molar-refractivity contribution is 5.22. The van der Waals surface area contributed by atoms with Crippen LogP contribution in [0.3, 0.4) is 0 Å². The molecular weight excluding hydrogens is 228 g/mol. The van der Waals surface area contributed by atoms with E-state index in [1.54, 1.807) is 0 Å². The van der Waals surface area contributed by atoms with Crippen molar-refractivity contribution in [1.29, 1.82) is 0 Å². The summed E-state index contributed by atoms with van der Waals surface area (Å²) in [7, 11) is 3.95. The van der Waals surface area contributed by atoms with E-state index in [1.807, 2.05) is 18.8 Å². The fourth-order valence-corrected chi connectivity index (χ4v) is 2.82. The standard InChI is InChI=1S/C13H24N4O/c1-5-17-6-7-18-12(8-14-3)13(17)11-9-16(4)15-10(11)2/h9,12-14H,5-8H2,1-4H3. The molecule has 18 heavy (non-hydrogen) atoms. The van der Waals surface area contributed by atoms with Crippen molar-refractivity contribution in [3.05, 3.63) is 17.5 Å². The lowest BCUT2D eigenvalue weighted by atomic mass is 9.98. The highest BCUT2D eigenvalue weighted by Crippen LogP contribution is 2.30. The minimum atomic E-state index is 0.201. The van der Waals surface area contributed by atoms with Crippen molar-refractivity contribution >= 4 is 0 Å². The fraction of sp³-hybridized carbons (Fsp3) is 0.769. The molecule has 0 saturated carbocycles. The number of aryl methyl sites for hydroxylation is 2. The maximum Gasteiger partial charge on any atom is 0.0897 e. The predicted molar refractivity (Wildman–Crippen MR) is 71.6 cm³/mol. The van der Waals surface area contributed by atoms with E-state index >= 15 is 0 Å². The Kier molecular flexibility index (Phi) is 4.37. The Bertz CT molecular complexity index is 388. The zero-order valence-corrected chi connectivity index (χ0v) is 11.8. The number of hydrogen-bond acceptors (Lipinski definition) is 4. The topological polar surface area (TPSA) is 42.3 Å². The van der Waals surface area contributed by atoms with Gasteiger partial charge in [-0.15, -0.1) is 0 Å². The Hall–Kier alpha value is -0.910. The first-order chi connectivity index (χ1) is 8.67. The first-order valence-electron chi connectivity index (χ1n) is 6.67. The summed E-state index contributed by atoms with van der Waals surface area (Å²) in [5.74, 6) is 0. The molecule has 2 heterocycles. The minimum absolute atomic E-state index is 0.201. The average Bonchev–Trinajstić information content (AvgIpc) is 2.68.